The first-order chi connectivity index (χ1) is 9.07. The number of ether oxygens (including phenoxy) is 1. The van der Waals surface area contributed by atoms with Crippen molar-refractivity contribution in [2.45, 2.75) is 52.9 Å². The number of unbranched alkanes of at least 4 members (excludes halogenated alkanes) is 1. The maximum atomic E-state index is 9.63. The van der Waals surface area contributed by atoms with Crippen molar-refractivity contribution in [3.63, 3.8) is 0 Å². The molecule has 0 radical (unpaired) electrons. The summed E-state index contributed by atoms with van der Waals surface area (Å²) in [6.07, 6.45) is 4.69. The van der Waals surface area contributed by atoms with Crippen molar-refractivity contribution in [3.05, 3.63) is 0 Å². The Hall–Kier alpha value is -0.160. The van der Waals surface area contributed by atoms with E-state index in [1.54, 1.807) is 0 Å². The Morgan fingerprint density at radius 2 is 1.26 bits per heavy atom. The first kappa shape index (κ1) is 18.8. The zero-order chi connectivity index (χ0) is 14.8. The standard InChI is InChI=1S/C15H32O4/c1-4-7-8-14(5-2,9-16)12-19-13-15(6-3,10-17)11-18/h16-18H,4-13H2,1-3H3. The molecule has 0 aromatic rings. The number of hydrogen-bond acceptors (Lipinski definition) is 4. The van der Waals surface area contributed by atoms with Crippen LogP contribution >= 0.6 is 0 Å². The predicted molar refractivity (Wildman–Crippen MR) is 77.0 cm³/mol. The van der Waals surface area contributed by atoms with Crippen molar-refractivity contribution >= 4 is 0 Å². The number of rotatable bonds is 12. The molecule has 0 aliphatic heterocycles. The Morgan fingerprint density at radius 1 is 0.789 bits per heavy atom. The van der Waals surface area contributed by atoms with Crippen LogP contribution in [0.5, 0.6) is 0 Å². The molecule has 0 saturated heterocycles. The molecule has 3 N–H and O–H groups in total. The van der Waals surface area contributed by atoms with Gasteiger partial charge >= 0.3 is 0 Å². The lowest BCUT2D eigenvalue weighted by Gasteiger charge is -2.34. The summed E-state index contributed by atoms with van der Waals surface area (Å²) in [5, 5.41) is 28.4. The first-order valence-electron chi connectivity index (χ1n) is 7.48. The molecule has 0 rings (SSSR count). The van der Waals surface area contributed by atoms with E-state index in [1.165, 1.54) is 0 Å². The van der Waals surface area contributed by atoms with Crippen molar-refractivity contribution in [1.82, 2.24) is 0 Å². The topological polar surface area (TPSA) is 69.9 Å². The highest BCUT2D eigenvalue weighted by Crippen LogP contribution is 2.30. The van der Waals surface area contributed by atoms with Gasteiger partial charge in [0.05, 0.1) is 33.0 Å². The summed E-state index contributed by atoms with van der Waals surface area (Å²) in [5.74, 6) is 0. The quantitative estimate of drug-likeness (QED) is 0.509. The van der Waals surface area contributed by atoms with Gasteiger partial charge in [-0.05, 0) is 19.3 Å². The number of aliphatic hydroxyl groups is 3. The van der Waals surface area contributed by atoms with Gasteiger partial charge in [0, 0.05) is 10.8 Å². The molecule has 0 aromatic heterocycles. The fraction of sp³-hybridized carbons (Fsp3) is 1.00. The smallest absolute Gasteiger partial charge is 0.0566 e. The molecule has 116 valence electrons. The summed E-state index contributed by atoms with van der Waals surface area (Å²) in [5.41, 5.74) is -0.736. The van der Waals surface area contributed by atoms with Crippen LogP contribution in [0, 0.1) is 10.8 Å². The molecule has 4 heteroatoms. The van der Waals surface area contributed by atoms with E-state index < -0.39 is 5.41 Å². The Bertz CT molecular complexity index is 202. The van der Waals surface area contributed by atoms with E-state index in [-0.39, 0.29) is 25.2 Å². The zero-order valence-corrected chi connectivity index (χ0v) is 12.8. The van der Waals surface area contributed by atoms with E-state index in [2.05, 4.69) is 13.8 Å². The fourth-order valence-electron chi connectivity index (χ4n) is 2.09. The second kappa shape index (κ2) is 9.70. The Balaban J connectivity index is 4.39. The minimum absolute atomic E-state index is 0.0762. The van der Waals surface area contributed by atoms with Gasteiger partial charge in [-0.25, -0.2) is 0 Å². The highest BCUT2D eigenvalue weighted by Gasteiger charge is 2.31. The lowest BCUT2D eigenvalue weighted by atomic mass is 9.81. The highest BCUT2D eigenvalue weighted by atomic mass is 16.5. The monoisotopic (exact) mass is 276 g/mol. The summed E-state index contributed by atoms with van der Waals surface area (Å²) < 4.78 is 5.74. The van der Waals surface area contributed by atoms with Crippen molar-refractivity contribution in [2.24, 2.45) is 10.8 Å². The lowest BCUT2D eigenvalue weighted by Crippen LogP contribution is -2.37. The van der Waals surface area contributed by atoms with Crippen LogP contribution in [0.15, 0.2) is 0 Å². The molecule has 4 nitrogen and oxygen atoms in total. The molecule has 0 saturated carbocycles. The van der Waals surface area contributed by atoms with E-state index in [0.717, 1.165) is 25.7 Å². The van der Waals surface area contributed by atoms with Crippen LogP contribution in [0.1, 0.15) is 52.9 Å². The molecule has 0 bridgehead atoms. The van der Waals surface area contributed by atoms with Gasteiger partial charge in [0.25, 0.3) is 0 Å². The summed E-state index contributed by atoms with van der Waals surface area (Å²) >= 11 is 0. The molecule has 19 heavy (non-hydrogen) atoms. The summed E-state index contributed by atoms with van der Waals surface area (Å²) in [6, 6.07) is 0. The first-order valence-corrected chi connectivity index (χ1v) is 7.48. The van der Waals surface area contributed by atoms with Gasteiger partial charge in [-0.1, -0.05) is 33.6 Å². The second-order valence-electron chi connectivity index (χ2n) is 5.78. The minimum Gasteiger partial charge on any atom is -0.396 e. The summed E-state index contributed by atoms with van der Waals surface area (Å²) in [7, 11) is 0. The van der Waals surface area contributed by atoms with Gasteiger partial charge in [0.15, 0.2) is 0 Å². The van der Waals surface area contributed by atoms with Crippen molar-refractivity contribution in [1.29, 1.82) is 0 Å². The van der Waals surface area contributed by atoms with E-state index >= 15 is 0 Å². The van der Waals surface area contributed by atoms with Crippen LogP contribution in [0.4, 0.5) is 0 Å². The molecule has 0 amide bonds. The van der Waals surface area contributed by atoms with Gasteiger partial charge in [-0.2, -0.15) is 0 Å². The van der Waals surface area contributed by atoms with E-state index in [1.807, 2.05) is 6.92 Å². The average molecular weight is 276 g/mol. The van der Waals surface area contributed by atoms with E-state index in [4.69, 9.17) is 4.74 Å². The van der Waals surface area contributed by atoms with Crippen molar-refractivity contribution in [2.75, 3.05) is 33.0 Å². The van der Waals surface area contributed by atoms with Gasteiger partial charge in [0.1, 0.15) is 0 Å². The largest absolute Gasteiger partial charge is 0.396 e. The molecule has 0 aromatic carbocycles. The SMILES string of the molecule is CCCCC(CC)(CO)COCC(CC)(CO)CO. The lowest BCUT2D eigenvalue weighted by molar-refractivity contribution is -0.0677. The third-order valence-electron chi connectivity index (χ3n) is 4.38. The van der Waals surface area contributed by atoms with Crippen LogP contribution in [-0.4, -0.2) is 48.4 Å². The van der Waals surface area contributed by atoms with Crippen LogP contribution in [0.2, 0.25) is 0 Å². The van der Waals surface area contributed by atoms with Gasteiger partial charge in [-0.15, -0.1) is 0 Å². The third-order valence-corrected chi connectivity index (χ3v) is 4.38. The van der Waals surface area contributed by atoms with Crippen LogP contribution in [0.3, 0.4) is 0 Å². The third kappa shape index (κ3) is 5.78. The van der Waals surface area contributed by atoms with Crippen LogP contribution < -0.4 is 0 Å². The minimum atomic E-state index is -0.556. The van der Waals surface area contributed by atoms with Gasteiger partial charge in [0.2, 0.25) is 0 Å². The molecule has 1 atom stereocenters. The maximum Gasteiger partial charge on any atom is 0.0566 e. The zero-order valence-electron chi connectivity index (χ0n) is 12.8. The van der Waals surface area contributed by atoms with Crippen molar-refractivity contribution in [3.8, 4) is 0 Å². The number of aliphatic hydroxyl groups excluding tert-OH is 3. The van der Waals surface area contributed by atoms with Crippen LogP contribution in [0.25, 0.3) is 0 Å². The molecule has 0 spiro atoms. The fourth-order valence-corrected chi connectivity index (χ4v) is 2.09. The predicted octanol–water partition coefficient (Wildman–Crippen LogP) is 1.96. The molecule has 0 aliphatic rings. The highest BCUT2D eigenvalue weighted by molar-refractivity contribution is 4.79. The maximum absolute atomic E-state index is 9.63. The Labute approximate surface area is 117 Å². The van der Waals surface area contributed by atoms with E-state index in [0.29, 0.717) is 19.6 Å². The van der Waals surface area contributed by atoms with E-state index in [9.17, 15) is 15.3 Å². The molecule has 1 unspecified atom stereocenters. The average Bonchev–Trinajstić information content (AvgIpc) is 2.48. The number of hydrogen-bond donors (Lipinski definition) is 3. The van der Waals surface area contributed by atoms with Crippen molar-refractivity contribution < 1.29 is 20.1 Å². The molecule has 0 aliphatic carbocycles. The normalized spacial score (nSPS) is 15.5. The molecular formula is C15H32O4. The Kier molecular flexibility index (Phi) is 9.62. The van der Waals surface area contributed by atoms with Gasteiger partial charge in [-0.3, -0.25) is 0 Å². The molecular weight excluding hydrogens is 244 g/mol. The molecule has 0 fully saturated rings. The molecule has 0 heterocycles. The summed E-state index contributed by atoms with van der Waals surface area (Å²) in [6.45, 7) is 6.94. The van der Waals surface area contributed by atoms with Crippen LogP contribution in [-0.2, 0) is 4.74 Å². The summed E-state index contributed by atoms with van der Waals surface area (Å²) in [4.78, 5) is 0. The Morgan fingerprint density at radius 3 is 1.63 bits per heavy atom. The van der Waals surface area contributed by atoms with Gasteiger partial charge < -0.3 is 20.1 Å². The second-order valence-corrected chi connectivity index (χ2v) is 5.78.